The van der Waals surface area contributed by atoms with E-state index in [2.05, 4.69) is 4.98 Å². The molecule has 9 heteroatoms. The molecule has 100 valence electrons. The van der Waals surface area contributed by atoms with Crippen molar-refractivity contribution < 1.29 is 18.1 Å². The van der Waals surface area contributed by atoms with Gasteiger partial charge in [0.25, 0.3) is 0 Å². The molecule has 1 rings (SSSR count). The SMILES string of the molecule is O=[N+]([O-])c1cnc(C(F)(F)F)cc1SCCCCl. The molecule has 0 radical (unpaired) electrons. The van der Waals surface area contributed by atoms with E-state index in [9.17, 15) is 23.3 Å². The summed E-state index contributed by atoms with van der Waals surface area (Å²) in [5.41, 5.74) is -1.57. The van der Waals surface area contributed by atoms with Crippen LogP contribution in [0.1, 0.15) is 12.1 Å². The number of rotatable bonds is 5. The lowest BCUT2D eigenvalue weighted by Crippen LogP contribution is -2.08. The maximum atomic E-state index is 12.4. The van der Waals surface area contributed by atoms with Gasteiger partial charge >= 0.3 is 11.9 Å². The second-order valence-electron chi connectivity index (χ2n) is 3.18. The monoisotopic (exact) mass is 300 g/mol. The predicted octanol–water partition coefficient (Wildman–Crippen LogP) is 3.73. The molecule has 0 saturated carbocycles. The number of nitro groups is 1. The van der Waals surface area contributed by atoms with Crippen LogP contribution in [0.25, 0.3) is 0 Å². The van der Waals surface area contributed by atoms with E-state index in [-0.39, 0.29) is 4.90 Å². The molecule has 0 N–H and O–H groups in total. The van der Waals surface area contributed by atoms with Crippen LogP contribution in [0.3, 0.4) is 0 Å². The summed E-state index contributed by atoms with van der Waals surface area (Å²) in [4.78, 5) is 12.9. The Balaban J connectivity index is 3.04. The smallest absolute Gasteiger partial charge is 0.258 e. The number of pyridine rings is 1. The quantitative estimate of drug-likeness (QED) is 0.273. The van der Waals surface area contributed by atoms with Crippen LogP contribution in [-0.2, 0) is 6.18 Å². The molecule has 1 heterocycles. The summed E-state index contributed by atoms with van der Waals surface area (Å²) in [5, 5.41) is 10.7. The minimum atomic E-state index is -4.61. The number of thioether (sulfide) groups is 1. The zero-order valence-electron chi connectivity index (χ0n) is 8.91. The van der Waals surface area contributed by atoms with Crippen LogP contribution in [0, 0.1) is 10.1 Å². The summed E-state index contributed by atoms with van der Waals surface area (Å²) in [6.07, 6.45) is -3.43. The molecular formula is C9H8ClF3N2O2S. The van der Waals surface area contributed by atoms with Gasteiger partial charge in [0.15, 0.2) is 0 Å². The number of halogens is 4. The molecule has 0 unspecified atom stereocenters. The average molecular weight is 301 g/mol. The Morgan fingerprint density at radius 1 is 1.50 bits per heavy atom. The molecule has 18 heavy (non-hydrogen) atoms. The molecule has 0 aliphatic carbocycles. The van der Waals surface area contributed by atoms with E-state index >= 15 is 0 Å². The third-order valence-electron chi connectivity index (χ3n) is 1.87. The molecule has 0 atom stereocenters. The zero-order chi connectivity index (χ0) is 13.8. The van der Waals surface area contributed by atoms with Gasteiger partial charge in [0.2, 0.25) is 0 Å². The van der Waals surface area contributed by atoms with Crippen molar-refractivity contribution >= 4 is 29.1 Å². The van der Waals surface area contributed by atoms with Crippen LogP contribution < -0.4 is 0 Å². The van der Waals surface area contributed by atoms with Gasteiger partial charge in [0.05, 0.1) is 9.82 Å². The minimum Gasteiger partial charge on any atom is -0.258 e. The van der Waals surface area contributed by atoms with Gasteiger partial charge in [-0.1, -0.05) is 0 Å². The van der Waals surface area contributed by atoms with Crippen LogP contribution in [-0.4, -0.2) is 21.5 Å². The van der Waals surface area contributed by atoms with Crippen LogP contribution in [0.2, 0.25) is 0 Å². The second kappa shape index (κ2) is 6.24. The number of nitrogens with zero attached hydrogens (tertiary/aromatic N) is 2. The van der Waals surface area contributed by atoms with Crippen molar-refractivity contribution in [2.75, 3.05) is 11.6 Å². The fourth-order valence-corrected chi connectivity index (χ4v) is 2.34. The van der Waals surface area contributed by atoms with Crippen molar-refractivity contribution in [3.05, 3.63) is 28.1 Å². The number of alkyl halides is 4. The topological polar surface area (TPSA) is 56.0 Å². The van der Waals surface area contributed by atoms with Gasteiger partial charge in [-0.2, -0.15) is 13.2 Å². The van der Waals surface area contributed by atoms with E-state index in [1.165, 1.54) is 0 Å². The number of aromatic nitrogens is 1. The van der Waals surface area contributed by atoms with Gasteiger partial charge in [0, 0.05) is 5.88 Å². The Hall–Kier alpha value is -1.02. The highest BCUT2D eigenvalue weighted by molar-refractivity contribution is 7.99. The minimum absolute atomic E-state index is 0.0487. The summed E-state index contributed by atoms with van der Waals surface area (Å²) < 4.78 is 37.3. The Morgan fingerprint density at radius 3 is 2.67 bits per heavy atom. The first-order valence-electron chi connectivity index (χ1n) is 4.76. The summed E-state index contributed by atoms with van der Waals surface area (Å²) in [7, 11) is 0. The van der Waals surface area contributed by atoms with Gasteiger partial charge in [-0.05, 0) is 18.2 Å². The van der Waals surface area contributed by atoms with Gasteiger partial charge in [0.1, 0.15) is 11.9 Å². The van der Waals surface area contributed by atoms with E-state index in [1.54, 1.807) is 0 Å². The normalized spacial score (nSPS) is 11.6. The second-order valence-corrected chi connectivity index (χ2v) is 4.70. The molecule has 0 fully saturated rings. The Labute approximate surface area is 110 Å². The summed E-state index contributed by atoms with van der Waals surface area (Å²) in [6.45, 7) is 0. The number of hydrogen-bond acceptors (Lipinski definition) is 4. The maximum Gasteiger partial charge on any atom is 0.433 e. The van der Waals surface area contributed by atoms with Crippen molar-refractivity contribution in [1.29, 1.82) is 0 Å². The van der Waals surface area contributed by atoms with E-state index in [4.69, 9.17) is 11.6 Å². The fraction of sp³-hybridized carbons (Fsp3) is 0.444. The predicted molar refractivity (Wildman–Crippen MR) is 62.0 cm³/mol. The first kappa shape index (κ1) is 15.0. The molecule has 0 amide bonds. The van der Waals surface area contributed by atoms with Crippen molar-refractivity contribution in [1.82, 2.24) is 4.98 Å². The molecule has 1 aromatic rings. The Bertz CT molecular complexity index is 442. The molecule has 1 aromatic heterocycles. The molecule has 4 nitrogen and oxygen atoms in total. The average Bonchev–Trinajstić information content (AvgIpc) is 2.27. The van der Waals surface area contributed by atoms with Crippen molar-refractivity contribution in [3.63, 3.8) is 0 Å². The van der Waals surface area contributed by atoms with Crippen LogP contribution >= 0.6 is 23.4 Å². The van der Waals surface area contributed by atoms with E-state index in [0.717, 1.165) is 11.8 Å². The lowest BCUT2D eigenvalue weighted by molar-refractivity contribution is -0.388. The highest BCUT2D eigenvalue weighted by Gasteiger charge is 2.34. The fourth-order valence-electron chi connectivity index (χ4n) is 1.07. The molecule has 0 aliphatic rings. The standard InChI is InChI=1S/C9H8ClF3N2O2S/c10-2-1-3-18-7-4-8(9(11,12)13)14-5-6(7)15(16)17/h4-5H,1-3H2. The van der Waals surface area contributed by atoms with E-state index < -0.39 is 22.5 Å². The molecule has 0 aliphatic heterocycles. The van der Waals surface area contributed by atoms with Gasteiger partial charge < -0.3 is 0 Å². The molecular weight excluding hydrogens is 293 g/mol. The van der Waals surface area contributed by atoms with Crippen LogP contribution in [0.15, 0.2) is 17.2 Å². The highest BCUT2D eigenvalue weighted by Crippen LogP contribution is 2.35. The Morgan fingerprint density at radius 2 is 2.17 bits per heavy atom. The third-order valence-corrected chi connectivity index (χ3v) is 3.27. The summed E-state index contributed by atoms with van der Waals surface area (Å²) >= 11 is 6.40. The van der Waals surface area contributed by atoms with Crippen LogP contribution in [0.4, 0.5) is 18.9 Å². The van der Waals surface area contributed by atoms with Gasteiger partial charge in [-0.25, -0.2) is 4.98 Å². The Kier molecular flexibility index (Phi) is 5.21. The molecule has 0 spiro atoms. The lowest BCUT2D eigenvalue weighted by atomic mass is 10.3. The van der Waals surface area contributed by atoms with Gasteiger partial charge in [-0.15, -0.1) is 23.4 Å². The first-order valence-corrected chi connectivity index (χ1v) is 6.28. The van der Waals surface area contributed by atoms with Crippen molar-refractivity contribution in [2.45, 2.75) is 17.5 Å². The summed E-state index contributed by atoms with van der Waals surface area (Å²) in [5.74, 6) is 0.754. The maximum absolute atomic E-state index is 12.4. The first-order chi connectivity index (χ1) is 8.36. The lowest BCUT2D eigenvalue weighted by Gasteiger charge is -2.07. The van der Waals surface area contributed by atoms with Crippen molar-refractivity contribution in [3.8, 4) is 0 Å². The van der Waals surface area contributed by atoms with E-state index in [1.807, 2.05) is 0 Å². The number of hydrogen-bond donors (Lipinski definition) is 0. The van der Waals surface area contributed by atoms with E-state index in [0.29, 0.717) is 30.3 Å². The van der Waals surface area contributed by atoms with Crippen LogP contribution in [0.5, 0.6) is 0 Å². The molecule has 0 saturated heterocycles. The zero-order valence-corrected chi connectivity index (χ0v) is 10.5. The third kappa shape index (κ3) is 4.02. The largest absolute Gasteiger partial charge is 0.433 e. The molecule has 0 aromatic carbocycles. The van der Waals surface area contributed by atoms with Gasteiger partial charge in [-0.3, -0.25) is 10.1 Å². The van der Waals surface area contributed by atoms with Crippen molar-refractivity contribution in [2.24, 2.45) is 0 Å². The highest BCUT2D eigenvalue weighted by atomic mass is 35.5. The molecule has 0 bridgehead atoms. The summed E-state index contributed by atoms with van der Waals surface area (Å²) in [6, 6.07) is 0.691.